The summed E-state index contributed by atoms with van der Waals surface area (Å²) in [5.74, 6) is -0.00692. The van der Waals surface area contributed by atoms with E-state index in [9.17, 15) is 9.59 Å². The molecule has 0 saturated carbocycles. The first-order chi connectivity index (χ1) is 13.9. The third-order valence-electron chi connectivity index (χ3n) is 5.18. The summed E-state index contributed by atoms with van der Waals surface area (Å²) in [6.07, 6.45) is 1.96. The predicted molar refractivity (Wildman–Crippen MR) is 115 cm³/mol. The number of carbonyl (C=O) groups excluding carboxylic acids is 2. The maximum Gasteiger partial charge on any atom is 0.241 e. The number of piperazine rings is 1. The summed E-state index contributed by atoms with van der Waals surface area (Å²) in [6.45, 7) is 12.2. The number of aryl methyl sites for hydroxylation is 2. The van der Waals surface area contributed by atoms with Crippen LogP contribution in [0.3, 0.4) is 0 Å². The molecule has 1 aliphatic rings. The molecule has 2 rings (SSSR count). The molecule has 1 saturated heterocycles. The van der Waals surface area contributed by atoms with Gasteiger partial charge in [-0.1, -0.05) is 12.1 Å². The van der Waals surface area contributed by atoms with E-state index >= 15 is 0 Å². The van der Waals surface area contributed by atoms with Crippen molar-refractivity contribution in [2.45, 2.75) is 20.3 Å². The van der Waals surface area contributed by atoms with E-state index in [2.05, 4.69) is 27.8 Å². The van der Waals surface area contributed by atoms with Crippen LogP contribution in [0.2, 0.25) is 0 Å². The molecule has 1 aromatic rings. The zero-order chi connectivity index (χ0) is 21.2. The van der Waals surface area contributed by atoms with Crippen LogP contribution >= 0.6 is 0 Å². The maximum absolute atomic E-state index is 13.0. The number of rotatable bonds is 9. The van der Waals surface area contributed by atoms with Crippen molar-refractivity contribution in [3.63, 3.8) is 0 Å². The summed E-state index contributed by atoms with van der Waals surface area (Å²) in [4.78, 5) is 30.7. The summed E-state index contributed by atoms with van der Waals surface area (Å²) in [6, 6.07) is 8.09. The predicted octanol–water partition coefficient (Wildman–Crippen LogP) is 1.47. The molecule has 156 valence electrons. The van der Waals surface area contributed by atoms with E-state index in [0.717, 1.165) is 37.4 Å². The van der Waals surface area contributed by atoms with E-state index in [-0.39, 0.29) is 11.8 Å². The highest BCUT2D eigenvalue weighted by molar-refractivity contribution is 5.95. The molecule has 0 atom stereocenters. The van der Waals surface area contributed by atoms with Crippen LogP contribution in [0.15, 0.2) is 30.9 Å². The van der Waals surface area contributed by atoms with Gasteiger partial charge in [-0.2, -0.15) is 5.26 Å². The van der Waals surface area contributed by atoms with Gasteiger partial charge in [0.25, 0.3) is 0 Å². The van der Waals surface area contributed by atoms with Gasteiger partial charge >= 0.3 is 0 Å². The Balaban J connectivity index is 1.91. The third-order valence-corrected chi connectivity index (χ3v) is 5.18. The Morgan fingerprint density at radius 2 is 1.83 bits per heavy atom. The molecule has 1 aromatic carbocycles. The van der Waals surface area contributed by atoms with Gasteiger partial charge in [0.05, 0.1) is 25.6 Å². The van der Waals surface area contributed by atoms with Gasteiger partial charge in [0.2, 0.25) is 11.8 Å². The average Bonchev–Trinajstić information content (AvgIpc) is 2.70. The van der Waals surface area contributed by atoms with E-state index in [1.54, 1.807) is 11.0 Å². The monoisotopic (exact) mass is 397 g/mol. The molecular formula is C22H31N5O2. The maximum atomic E-state index is 13.0. The molecule has 0 unspecified atom stereocenters. The van der Waals surface area contributed by atoms with Gasteiger partial charge in [0, 0.05) is 45.0 Å². The molecule has 1 fully saturated rings. The summed E-state index contributed by atoms with van der Waals surface area (Å²) in [7, 11) is 0. The molecular weight excluding hydrogens is 366 g/mol. The minimum Gasteiger partial charge on any atom is -0.352 e. The molecule has 7 heteroatoms. The van der Waals surface area contributed by atoms with Gasteiger partial charge in [0.1, 0.15) is 0 Å². The highest BCUT2D eigenvalue weighted by atomic mass is 16.2. The Bertz CT molecular complexity index is 763. The van der Waals surface area contributed by atoms with Gasteiger partial charge in [-0.05, 0) is 37.1 Å². The average molecular weight is 398 g/mol. The normalized spacial score (nSPS) is 14.8. The Kier molecular flexibility index (Phi) is 8.84. The number of nitrogens with zero attached hydrogens (tertiary/aromatic N) is 4. The van der Waals surface area contributed by atoms with E-state index < -0.39 is 0 Å². The number of amides is 2. The first-order valence-electron chi connectivity index (χ1n) is 10.0. The van der Waals surface area contributed by atoms with Crippen molar-refractivity contribution >= 4 is 17.5 Å². The molecule has 29 heavy (non-hydrogen) atoms. The second kappa shape index (κ2) is 11.3. The van der Waals surface area contributed by atoms with E-state index in [1.165, 1.54) is 5.56 Å². The van der Waals surface area contributed by atoms with Gasteiger partial charge in [-0.3, -0.25) is 19.4 Å². The summed E-state index contributed by atoms with van der Waals surface area (Å²) in [5, 5.41) is 11.8. The molecule has 2 amide bonds. The van der Waals surface area contributed by atoms with Crippen LogP contribution in [0, 0.1) is 25.2 Å². The Morgan fingerprint density at radius 1 is 1.17 bits per heavy atom. The minimum absolute atomic E-state index is 0.000629. The lowest BCUT2D eigenvalue weighted by Crippen LogP contribution is -2.52. The van der Waals surface area contributed by atoms with Crippen molar-refractivity contribution in [1.29, 1.82) is 5.26 Å². The molecule has 0 radical (unpaired) electrons. The van der Waals surface area contributed by atoms with E-state index in [4.69, 9.17) is 5.26 Å². The minimum atomic E-state index is -0.00755. The second-order valence-corrected chi connectivity index (χ2v) is 7.37. The molecule has 1 heterocycles. The van der Waals surface area contributed by atoms with Gasteiger partial charge in [0.15, 0.2) is 0 Å². The lowest BCUT2D eigenvalue weighted by atomic mass is 10.1. The first-order valence-corrected chi connectivity index (χ1v) is 10.0. The van der Waals surface area contributed by atoms with E-state index in [0.29, 0.717) is 32.6 Å². The zero-order valence-corrected chi connectivity index (χ0v) is 17.5. The summed E-state index contributed by atoms with van der Waals surface area (Å²) >= 11 is 0. The largest absolute Gasteiger partial charge is 0.352 e. The first kappa shape index (κ1) is 22.6. The highest BCUT2D eigenvalue weighted by Gasteiger charge is 2.23. The van der Waals surface area contributed by atoms with Gasteiger partial charge in [-0.15, -0.1) is 6.58 Å². The van der Waals surface area contributed by atoms with Crippen LogP contribution in [0.25, 0.3) is 0 Å². The van der Waals surface area contributed by atoms with Crippen LogP contribution < -0.4 is 10.2 Å². The number of hydrogen-bond donors (Lipinski definition) is 1. The third kappa shape index (κ3) is 7.00. The molecule has 7 nitrogen and oxygen atoms in total. The Labute approximate surface area is 173 Å². The number of carbonyl (C=O) groups is 2. The molecule has 0 aliphatic carbocycles. The number of nitrogens with one attached hydrogen (secondary N) is 1. The highest BCUT2D eigenvalue weighted by Crippen LogP contribution is 2.20. The van der Waals surface area contributed by atoms with Crippen molar-refractivity contribution in [3.8, 4) is 6.07 Å². The lowest BCUT2D eigenvalue weighted by Gasteiger charge is -2.35. The standard InChI is InChI=1S/C22H31N5O2/c1-4-9-24-21(28)16-25-11-13-26(14-12-25)17-22(29)27(10-5-8-23)20-7-6-18(2)19(3)15-20/h4,6-7,15H,1,5,9-14,16-17H2,2-3H3,(H,24,28). The smallest absolute Gasteiger partial charge is 0.241 e. The van der Waals surface area contributed by atoms with Gasteiger partial charge in [-0.25, -0.2) is 0 Å². The second-order valence-electron chi connectivity index (χ2n) is 7.37. The van der Waals surface area contributed by atoms with Crippen molar-refractivity contribution < 1.29 is 9.59 Å². The summed E-state index contributed by atoms with van der Waals surface area (Å²) in [5.41, 5.74) is 3.14. The summed E-state index contributed by atoms with van der Waals surface area (Å²) < 4.78 is 0. The SMILES string of the molecule is C=CCNC(=O)CN1CCN(CC(=O)N(CCC#N)c2ccc(C)c(C)c2)CC1. The zero-order valence-electron chi connectivity index (χ0n) is 17.5. The quantitative estimate of drug-likeness (QED) is 0.639. The van der Waals surface area contributed by atoms with Crippen molar-refractivity contribution in [1.82, 2.24) is 15.1 Å². The van der Waals surface area contributed by atoms with Gasteiger partial charge < -0.3 is 10.2 Å². The number of hydrogen-bond acceptors (Lipinski definition) is 5. The van der Waals surface area contributed by atoms with Crippen molar-refractivity contribution in [2.24, 2.45) is 0 Å². The van der Waals surface area contributed by atoms with Crippen molar-refractivity contribution in [3.05, 3.63) is 42.0 Å². The fourth-order valence-corrected chi connectivity index (χ4v) is 3.28. The van der Waals surface area contributed by atoms with E-state index in [1.807, 2.05) is 32.0 Å². The molecule has 1 N–H and O–H groups in total. The Morgan fingerprint density at radius 3 is 2.41 bits per heavy atom. The van der Waals surface area contributed by atoms with Crippen LogP contribution in [-0.4, -0.2) is 74.0 Å². The molecule has 1 aliphatic heterocycles. The fraction of sp³-hybridized carbons (Fsp3) is 0.500. The van der Waals surface area contributed by atoms with Crippen LogP contribution in [0.5, 0.6) is 0 Å². The van der Waals surface area contributed by atoms with Crippen LogP contribution in [0.1, 0.15) is 17.5 Å². The van der Waals surface area contributed by atoms with Crippen LogP contribution in [0.4, 0.5) is 5.69 Å². The molecule has 0 aromatic heterocycles. The number of benzene rings is 1. The fourth-order valence-electron chi connectivity index (χ4n) is 3.28. The number of anilines is 1. The van der Waals surface area contributed by atoms with Crippen molar-refractivity contribution in [2.75, 3.05) is 57.3 Å². The molecule has 0 bridgehead atoms. The molecule has 0 spiro atoms. The number of nitriles is 1. The van der Waals surface area contributed by atoms with Crippen LogP contribution in [-0.2, 0) is 9.59 Å². The lowest BCUT2D eigenvalue weighted by molar-refractivity contribution is -0.123. The topological polar surface area (TPSA) is 79.7 Å². The Hall–Kier alpha value is -2.69.